The summed E-state index contributed by atoms with van der Waals surface area (Å²) < 4.78 is 44.1. The molecule has 0 spiro atoms. The third-order valence-corrected chi connectivity index (χ3v) is 7.12. The molecule has 2 atom stereocenters. The van der Waals surface area contributed by atoms with Crippen LogP contribution in [-0.4, -0.2) is 72.5 Å². The zero-order valence-electron chi connectivity index (χ0n) is 21.6. The van der Waals surface area contributed by atoms with Crippen LogP contribution < -0.4 is 10.6 Å². The van der Waals surface area contributed by atoms with Gasteiger partial charge >= 0.3 is 12.3 Å². The second kappa shape index (κ2) is 13.0. The molecule has 11 heteroatoms. The molecule has 0 aromatic heterocycles. The summed E-state index contributed by atoms with van der Waals surface area (Å²) in [7, 11) is 0. The lowest BCUT2D eigenvalue weighted by Gasteiger charge is -2.27. The van der Waals surface area contributed by atoms with Crippen LogP contribution in [0.25, 0.3) is 0 Å². The normalized spacial score (nSPS) is 20.2. The predicted molar refractivity (Wildman–Crippen MR) is 138 cm³/mol. The summed E-state index contributed by atoms with van der Waals surface area (Å²) in [4.78, 5) is 41.3. The lowest BCUT2D eigenvalue weighted by Crippen LogP contribution is -2.44. The van der Waals surface area contributed by atoms with E-state index in [0.29, 0.717) is 25.7 Å². The molecule has 4 rings (SSSR count). The molecular formula is C28H33F3N4O4. The topological polar surface area (TPSA) is 91.0 Å². The van der Waals surface area contributed by atoms with Crippen LogP contribution in [0.15, 0.2) is 54.6 Å². The molecule has 0 bridgehead atoms. The van der Waals surface area contributed by atoms with Crippen molar-refractivity contribution >= 4 is 17.9 Å². The van der Waals surface area contributed by atoms with Gasteiger partial charge < -0.3 is 20.3 Å². The SMILES string of the molecule is O=C(CNC(=O)c1cccc(C(F)(F)F)c1)NC1CCN([C@@H]2CCCN(C(=O)OCc3ccccc3)CC2)C1. The van der Waals surface area contributed by atoms with Gasteiger partial charge in [0, 0.05) is 43.8 Å². The molecule has 39 heavy (non-hydrogen) atoms. The summed E-state index contributed by atoms with van der Waals surface area (Å²) in [6.45, 7) is 2.64. The molecule has 2 aromatic rings. The average molecular weight is 547 g/mol. The quantitative estimate of drug-likeness (QED) is 0.551. The number of benzene rings is 2. The number of halogens is 3. The minimum atomic E-state index is -4.55. The van der Waals surface area contributed by atoms with Crippen LogP contribution in [0.4, 0.5) is 18.0 Å². The molecule has 8 nitrogen and oxygen atoms in total. The van der Waals surface area contributed by atoms with Gasteiger partial charge in [0.05, 0.1) is 12.1 Å². The molecular weight excluding hydrogens is 513 g/mol. The Morgan fingerprint density at radius 3 is 2.51 bits per heavy atom. The van der Waals surface area contributed by atoms with Gasteiger partial charge in [0.25, 0.3) is 5.91 Å². The van der Waals surface area contributed by atoms with Gasteiger partial charge in [-0.2, -0.15) is 13.2 Å². The smallest absolute Gasteiger partial charge is 0.416 e. The number of alkyl halides is 3. The summed E-state index contributed by atoms with van der Waals surface area (Å²) in [6, 6.07) is 13.8. The van der Waals surface area contributed by atoms with Crippen molar-refractivity contribution < 1.29 is 32.3 Å². The van der Waals surface area contributed by atoms with E-state index < -0.39 is 23.6 Å². The fraction of sp³-hybridized carbons (Fsp3) is 0.464. The van der Waals surface area contributed by atoms with Crippen LogP contribution in [0.3, 0.4) is 0 Å². The maximum absolute atomic E-state index is 12.9. The van der Waals surface area contributed by atoms with Gasteiger partial charge in [-0.15, -0.1) is 0 Å². The molecule has 0 saturated carbocycles. The fourth-order valence-electron chi connectivity index (χ4n) is 5.05. The molecule has 0 radical (unpaired) electrons. The molecule has 2 heterocycles. The maximum atomic E-state index is 12.9. The van der Waals surface area contributed by atoms with Gasteiger partial charge in [0.2, 0.25) is 5.91 Å². The minimum Gasteiger partial charge on any atom is -0.445 e. The van der Waals surface area contributed by atoms with Crippen LogP contribution >= 0.6 is 0 Å². The lowest BCUT2D eigenvalue weighted by atomic mass is 10.1. The third-order valence-electron chi connectivity index (χ3n) is 7.12. The Labute approximate surface area is 225 Å². The summed E-state index contributed by atoms with van der Waals surface area (Å²) in [6.07, 6.45) is -1.49. The lowest BCUT2D eigenvalue weighted by molar-refractivity contribution is -0.137. The van der Waals surface area contributed by atoms with Crippen LogP contribution in [-0.2, 0) is 22.3 Å². The first kappa shape index (κ1) is 28.4. The summed E-state index contributed by atoms with van der Waals surface area (Å²) >= 11 is 0. The van der Waals surface area contributed by atoms with E-state index in [-0.39, 0.29) is 30.9 Å². The molecule has 1 unspecified atom stereocenters. The van der Waals surface area contributed by atoms with Crippen molar-refractivity contribution in [1.29, 1.82) is 0 Å². The number of ether oxygens (including phenoxy) is 1. The highest BCUT2D eigenvalue weighted by atomic mass is 19.4. The minimum absolute atomic E-state index is 0.0850. The molecule has 2 aliphatic rings. The van der Waals surface area contributed by atoms with Crippen molar-refractivity contribution in [1.82, 2.24) is 20.4 Å². The van der Waals surface area contributed by atoms with Crippen LogP contribution in [0.1, 0.15) is 47.2 Å². The van der Waals surface area contributed by atoms with Gasteiger partial charge in [-0.05, 0) is 49.4 Å². The number of nitrogens with one attached hydrogen (secondary N) is 2. The highest BCUT2D eigenvalue weighted by molar-refractivity contribution is 5.96. The first-order valence-electron chi connectivity index (χ1n) is 13.1. The van der Waals surface area contributed by atoms with Gasteiger partial charge in [-0.25, -0.2) is 4.79 Å². The summed E-state index contributed by atoms with van der Waals surface area (Å²) in [5.74, 6) is -1.13. The van der Waals surface area contributed by atoms with Gasteiger partial charge in [0.1, 0.15) is 6.61 Å². The van der Waals surface area contributed by atoms with Gasteiger partial charge in [-0.3, -0.25) is 14.5 Å². The molecule has 2 N–H and O–H groups in total. The van der Waals surface area contributed by atoms with E-state index >= 15 is 0 Å². The van der Waals surface area contributed by atoms with Crippen molar-refractivity contribution in [2.45, 2.75) is 50.6 Å². The van der Waals surface area contributed by atoms with Crippen LogP contribution in [0, 0.1) is 0 Å². The number of nitrogens with zero attached hydrogens (tertiary/aromatic N) is 2. The number of rotatable bonds is 7. The van der Waals surface area contributed by atoms with Gasteiger partial charge in [-0.1, -0.05) is 36.4 Å². The van der Waals surface area contributed by atoms with Crippen LogP contribution in [0.5, 0.6) is 0 Å². The van der Waals surface area contributed by atoms with Gasteiger partial charge in [0.15, 0.2) is 0 Å². The average Bonchev–Trinajstić information content (AvgIpc) is 3.24. The molecule has 3 amide bonds. The van der Waals surface area contributed by atoms with Crippen LogP contribution in [0.2, 0.25) is 0 Å². The predicted octanol–water partition coefficient (Wildman–Crippen LogP) is 3.82. The third kappa shape index (κ3) is 8.19. The Morgan fingerprint density at radius 2 is 1.74 bits per heavy atom. The van der Waals surface area contributed by atoms with E-state index in [4.69, 9.17) is 4.74 Å². The first-order valence-corrected chi connectivity index (χ1v) is 13.1. The van der Waals surface area contributed by atoms with E-state index in [2.05, 4.69) is 15.5 Å². The molecule has 2 aliphatic heterocycles. The molecule has 2 saturated heterocycles. The van der Waals surface area contributed by atoms with Crippen molar-refractivity contribution in [2.75, 3.05) is 32.7 Å². The van der Waals surface area contributed by atoms with E-state index in [1.54, 1.807) is 4.90 Å². The Hall–Kier alpha value is -3.60. The van der Waals surface area contributed by atoms with E-state index in [0.717, 1.165) is 56.0 Å². The zero-order chi connectivity index (χ0) is 27.8. The van der Waals surface area contributed by atoms with Crippen molar-refractivity contribution in [2.24, 2.45) is 0 Å². The van der Waals surface area contributed by atoms with E-state index in [1.165, 1.54) is 6.07 Å². The first-order chi connectivity index (χ1) is 18.7. The highest BCUT2D eigenvalue weighted by Crippen LogP contribution is 2.29. The molecule has 2 fully saturated rings. The standard InChI is InChI=1S/C28H33F3N4O4/c29-28(30,31)22-9-4-8-21(16-22)26(37)32-17-25(36)33-23-11-14-35(18-23)24-10-5-13-34(15-12-24)27(38)39-19-20-6-2-1-3-7-20/h1-4,6-9,16,23-24H,5,10-15,17-19H2,(H,32,37)(H,33,36)/t23?,24-/m1/s1. The Morgan fingerprint density at radius 1 is 0.949 bits per heavy atom. The van der Waals surface area contributed by atoms with Crippen molar-refractivity contribution in [3.8, 4) is 0 Å². The monoisotopic (exact) mass is 546 g/mol. The summed E-state index contributed by atoms with van der Waals surface area (Å²) in [5.41, 5.74) is -0.133. The largest absolute Gasteiger partial charge is 0.445 e. The van der Waals surface area contributed by atoms with Crippen molar-refractivity contribution in [3.63, 3.8) is 0 Å². The molecule has 0 aliphatic carbocycles. The van der Waals surface area contributed by atoms with E-state index in [1.807, 2.05) is 30.3 Å². The zero-order valence-corrected chi connectivity index (χ0v) is 21.6. The fourth-order valence-corrected chi connectivity index (χ4v) is 5.05. The van der Waals surface area contributed by atoms with Crippen molar-refractivity contribution in [3.05, 3.63) is 71.3 Å². The van der Waals surface area contributed by atoms with E-state index in [9.17, 15) is 27.6 Å². The number of hydrogen-bond acceptors (Lipinski definition) is 5. The second-order valence-corrected chi connectivity index (χ2v) is 9.92. The summed E-state index contributed by atoms with van der Waals surface area (Å²) in [5, 5.41) is 5.29. The number of likely N-dealkylation sites (tertiary alicyclic amines) is 2. The molecule has 2 aromatic carbocycles. The Kier molecular flexibility index (Phi) is 9.45. The number of hydrogen-bond donors (Lipinski definition) is 2. The number of carbonyl (C=O) groups excluding carboxylic acids is 3. The highest BCUT2D eigenvalue weighted by Gasteiger charge is 2.32. The number of carbonyl (C=O) groups is 3. The molecule has 210 valence electrons. The second-order valence-electron chi connectivity index (χ2n) is 9.92. The Bertz CT molecular complexity index is 1150. The maximum Gasteiger partial charge on any atom is 0.416 e. The number of amides is 3. The Balaban J connectivity index is 1.17.